The van der Waals surface area contributed by atoms with Crippen LogP contribution in [-0.4, -0.2) is 17.1 Å². The van der Waals surface area contributed by atoms with Crippen LogP contribution in [0, 0.1) is 6.92 Å². The van der Waals surface area contributed by atoms with Crippen molar-refractivity contribution in [3.8, 4) is 0 Å². The lowest BCUT2D eigenvalue weighted by molar-refractivity contribution is 0.0955. The number of hydrazone groups is 1. The molecule has 2 aromatic rings. The summed E-state index contributed by atoms with van der Waals surface area (Å²) in [5.41, 5.74) is 4.22. The van der Waals surface area contributed by atoms with E-state index >= 15 is 0 Å². The van der Waals surface area contributed by atoms with Crippen molar-refractivity contribution in [3.05, 3.63) is 63.4 Å². The fourth-order valence-corrected chi connectivity index (χ4v) is 1.95. The molecule has 1 heterocycles. The topological polar surface area (TPSA) is 54.4 Å². The number of nitrogens with one attached hydrogen (secondary N) is 1. The van der Waals surface area contributed by atoms with Crippen molar-refractivity contribution in [3.63, 3.8) is 0 Å². The highest BCUT2D eigenvalue weighted by Gasteiger charge is 2.05. The van der Waals surface area contributed by atoms with Crippen molar-refractivity contribution in [2.45, 2.75) is 6.92 Å². The zero-order valence-electron chi connectivity index (χ0n) is 10.6. The quantitative estimate of drug-likeness (QED) is 0.697. The predicted molar refractivity (Wildman–Crippen MR) is 80.5 cm³/mol. The maximum atomic E-state index is 11.8. The molecule has 0 aliphatic carbocycles. The lowest BCUT2D eigenvalue weighted by Crippen LogP contribution is -2.17. The van der Waals surface area contributed by atoms with E-state index < -0.39 is 0 Å². The van der Waals surface area contributed by atoms with Crippen LogP contribution in [0.4, 0.5) is 0 Å². The highest BCUT2D eigenvalue weighted by molar-refractivity contribution is 6.38. The number of amides is 1. The molecule has 0 radical (unpaired) electrons. The fourth-order valence-electron chi connectivity index (χ4n) is 1.46. The van der Waals surface area contributed by atoms with E-state index in [1.54, 1.807) is 30.3 Å². The third-order valence-corrected chi connectivity index (χ3v) is 3.19. The molecule has 4 nitrogen and oxygen atoms in total. The first kappa shape index (κ1) is 14.5. The molecule has 0 atom stereocenters. The summed E-state index contributed by atoms with van der Waals surface area (Å²) in [6.07, 6.45) is 2.90. The fraction of sp³-hybridized carbons (Fsp3) is 0.0714. The average Bonchev–Trinajstić information content (AvgIpc) is 2.42. The molecule has 0 aliphatic rings. The molecule has 20 heavy (non-hydrogen) atoms. The summed E-state index contributed by atoms with van der Waals surface area (Å²) in [6, 6.07) is 8.55. The molecule has 102 valence electrons. The Hall–Kier alpha value is -1.91. The Labute approximate surface area is 126 Å². The van der Waals surface area contributed by atoms with Gasteiger partial charge in [-0.1, -0.05) is 29.3 Å². The highest BCUT2D eigenvalue weighted by atomic mass is 35.5. The minimum atomic E-state index is -0.350. The standard InChI is InChI=1S/C14H11Cl2N3O/c1-9-5-6-10(7-17-9)14(20)19-18-8-11-12(15)3-2-4-13(11)16/h2-8H,1H3,(H,19,20)/b18-8+. The molecule has 6 heteroatoms. The smallest absolute Gasteiger partial charge is 0.267 e. The van der Waals surface area contributed by atoms with E-state index in [1.165, 1.54) is 12.4 Å². The maximum absolute atomic E-state index is 11.8. The number of benzene rings is 1. The van der Waals surface area contributed by atoms with Crippen molar-refractivity contribution in [1.82, 2.24) is 10.4 Å². The van der Waals surface area contributed by atoms with Gasteiger partial charge in [0.15, 0.2) is 0 Å². The summed E-state index contributed by atoms with van der Waals surface area (Å²) in [5, 5.41) is 4.77. The first-order valence-electron chi connectivity index (χ1n) is 5.78. The van der Waals surface area contributed by atoms with Gasteiger partial charge in [0.05, 0.1) is 21.8 Å². The summed E-state index contributed by atoms with van der Waals surface area (Å²) in [6.45, 7) is 1.85. The van der Waals surface area contributed by atoms with Crippen LogP contribution in [0.2, 0.25) is 10.0 Å². The van der Waals surface area contributed by atoms with Crippen LogP contribution in [0.1, 0.15) is 21.6 Å². The third-order valence-electron chi connectivity index (χ3n) is 2.53. The highest BCUT2D eigenvalue weighted by Crippen LogP contribution is 2.21. The normalized spacial score (nSPS) is 10.8. The van der Waals surface area contributed by atoms with Crippen LogP contribution < -0.4 is 5.43 Å². The van der Waals surface area contributed by atoms with Gasteiger partial charge >= 0.3 is 0 Å². The second kappa shape index (κ2) is 6.50. The number of aromatic nitrogens is 1. The Morgan fingerprint density at radius 3 is 2.55 bits per heavy atom. The monoisotopic (exact) mass is 307 g/mol. The second-order valence-electron chi connectivity index (χ2n) is 4.02. The van der Waals surface area contributed by atoms with Gasteiger partial charge in [-0.25, -0.2) is 5.43 Å². The number of rotatable bonds is 3. The van der Waals surface area contributed by atoms with Crippen LogP contribution in [0.15, 0.2) is 41.6 Å². The van der Waals surface area contributed by atoms with E-state index in [4.69, 9.17) is 23.2 Å². The molecule has 1 aromatic heterocycles. The Morgan fingerprint density at radius 2 is 1.95 bits per heavy atom. The van der Waals surface area contributed by atoms with Crippen LogP contribution in [0.5, 0.6) is 0 Å². The predicted octanol–water partition coefficient (Wildman–Crippen LogP) is 3.46. The van der Waals surface area contributed by atoms with E-state index in [1.807, 2.05) is 6.92 Å². The van der Waals surface area contributed by atoms with Crippen LogP contribution in [0.3, 0.4) is 0 Å². The van der Waals surface area contributed by atoms with E-state index in [0.29, 0.717) is 21.2 Å². The first-order chi connectivity index (χ1) is 9.58. The Balaban J connectivity index is 2.06. The largest absolute Gasteiger partial charge is 0.272 e. The summed E-state index contributed by atoms with van der Waals surface area (Å²) < 4.78 is 0. The average molecular weight is 308 g/mol. The zero-order chi connectivity index (χ0) is 14.5. The van der Waals surface area contributed by atoms with Gasteiger partial charge in [-0.15, -0.1) is 0 Å². The molecular weight excluding hydrogens is 297 g/mol. The molecule has 1 aromatic carbocycles. The Morgan fingerprint density at radius 1 is 1.25 bits per heavy atom. The van der Waals surface area contributed by atoms with E-state index in [-0.39, 0.29) is 5.91 Å². The molecule has 0 spiro atoms. The molecule has 0 saturated heterocycles. The molecular formula is C14H11Cl2N3O. The van der Waals surface area contributed by atoms with Crippen molar-refractivity contribution < 1.29 is 4.79 Å². The van der Waals surface area contributed by atoms with E-state index in [9.17, 15) is 4.79 Å². The van der Waals surface area contributed by atoms with Gasteiger partial charge in [0.25, 0.3) is 5.91 Å². The number of nitrogens with zero attached hydrogens (tertiary/aromatic N) is 2. The van der Waals surface area contributed by atoms with Crippen molar-refractivity contribution in [1.29, 1.82) is 0 Å². The number of hydrogen-bond acceptors (Lipinski definition) is 3. The van der Waals surface area contributed by atoms with Crippen LogP contribution in [-0.2, 0) is 0 Å². The Bertz CT molecular complexity index is 634. The van der Waals surface area contributed by atoms with Crippen molar-refractivity contribution in [2.24, 2.45) is 5.10 Å². The minimum Gasteiger partial charge on any atom is -0.267 e. The molecule has 0 bridgehead atoms. The number of pyridine rings is 1. The van der Waals surface area contributed by atoms with Gasteiger partial charge in [0, 0.05) is 17.5 Å². The van der Waals surface area contributed by atoms with Crippen LogP contribution in [0.25, 0.3) is 0 Å². The molecule has 0 unspecified atom stereocenters. The third kappa shape index (κ3) is 3.56. The number of carbonyl (C=O) groups is 1. The van der Waals surface area contributed by atoms with Crippen molar-refractivity contribution >= 4 is 35.3 Å². The zero-order valence-corrected chi connectivity index (χ0v) is 12.1. The van der Waals surface area contributed by atoms with Gasteiger partial charge in [0.2, 0.25) is 0 Å². The second-order valence-corrected chi connectivity index (χ2v) is 4.84. The van der Waals surface area contributed by atoms with Gasteiger partial charge in [0.1, 0.15) is 0 Å². The van der Waals surface area contributed by atoms with Crippen molar-refractivity contribution in [2.75, 3.05) is 0 Å². The maximum Gasteiger partial charge on any atom is 0.272 e. The summed E-state index contributed by atoms with van der Waals surface area (Å²) in [4.78, 5) is 15.8. The molecule has 0 fully saturated rings. The van der Waals surface area contributed by atoms with E-state index in [2.05, 4.69) is 15.5 Å². The molecule has 2 rings (SSSR count). The summed E-state index contributed by atoms with van der Waals surface area (Å²) in [7, 11) is 0. The SMILES string of the molecule is Cc1ccc(C(=O)N/N=C/c2c(Cl)cccc2Cl)cn1. The Kier molecular flexibility index (Phi) is 4.71. The minimum absolute atomic E-state index is 0.350. The molecule has 0 aliphatic heterocycles. The van der Waals surface area contributed by atoms with Gasteiger partial charge in [-0.05, 0) is 31.2 Å². The number of aryl methyl sites for hydroxylation is 1. The number of halogens is 2. The van der Waals surface area contributed by atoms with Gasteiger partial charge in [-0.3, -0.25) is 9.78 Å². The number of carbonyl (C=O) groups excluding carboxylic acids is 1. The molecule has 1 amide bonds. The summed E-state index contributed by atoms with van der Waals surface area (Å²) >= 11 is 12.0. The molecule has 0 saturated carbocycles. The lowest BCUT2D eigenvalue weighted by atomic mass is 10.2. The molecule has 1 N–H and O–H groups in total. The first-order valence-corrected chi connectivity index (χ1v) is 6.53. The van der Waals surface area contributed by atoms with Gasteiger partial charge in [-0.2, -0.15) is 5.10 Å². The lowest BCUT2D eigenvalue weighted by Gasteiger charge is -2.02. The van der Waals surface area contributed by atoms with E-state index in [0.717, 1.165) is 5.69 Å². The van der Waals surface area contributed by atoms with Gasteiger partial charge < -0.3 is 0 Å². The summed E-state index contributed by atoms with van der Waals surface area (Å²) in [5.74, 6) is -0.350. The number of hydrogen-bond donors (Lipinski definition) is 1. The van der Waals surface area contributed by atoms with Crippen LogP contribution >= 0.6 is 23.2 Å².